The van der Waals surface area contributed by atoms with E-state index in [-0.39, 0.29) is 10.6 Å². The molecule has 0 saturated carbocycles. The second-order valence-corrected chi connectivity index (χ2v) is 4.96. The van der Waals surface area contributed by atoms with Crippen molar-refractivity contribution < 1.29 is 4.92 Å². The summed E-state index contributed by atoms with van der Waals surface area (Å²) in [5.74, 6) is 0. The number of nitrogens with two attached hydrogens (primary N) is 1. The summed E-state index contributed by atoms with van der Waals surface area (Å²) in [6.45, 7) is 5.38. The minimum atomic E-state index is -0.301. The van der Waals surface area contributed by atoms with Crippen LogP contribution in [0.1, 0.15) is 38.2 Å². The number of para-hydroxylation sites is 1. The minimum absolute atomic E-state index is 0.217. The van der Waals surface area contributed by atoms with Gasteiger partial charge in [0.25, 0.3) is 5.69 Å². The van der Waals surface area contributed by atoms with Gasteiger partial charge in [0.05, 0.1) is 4.92 Å². The van der Waals surface area contributed by atoms with Gasteiger partial charge in [-0.15, -0.1) is 0 Å². The zero-order chi connectivity index (χ0) is 14.8. The number of benzene rings is 1. The summed E-state index contributed by atoms with van der Waals surface area (Å²) in [7, 11) is 0. The molecule has 5 heteroatoms. The first kappa shape index (κ1) is 16.6. The molecule has 1 aromatic carbocycles. The number of hydrogen-bond donors (Lipinski definition) is 1. The van der Waals surface area contributed by atoms with Gasteiger partial charge in [-0.2, -0.15) is 0 Å². The van der Waals surface area contributed by atoms with Crippen LogP contribution in [-0.4, -0.2) is 29.5 Å². The molecule has 0 heterocycles. The summed E-state index contributed by atoms with van der Waals surface area (Å²) < 4.78 is 0. The van der Waals surface area contributed by atoms with E-state index in [1.165, 1.54) is 12.8 Å². The van der Waals surface area contributed by atoms with Crippen LogP contribution < -0.4 is 5.73 Å². The second-order valence-electron chi connectivity index (χ2n) is 4.96. The van der Waals surface area contributed by atoms with E-state index in [1.54, 1.807) is 12.1 Å². The molecule has 0 fully saturated rings. The third-order valence-corrected chi connectivity index (χ3v) is 3.46. The first-order chi connectivity index (χ1) is 9.69. The van der Waals surface area contributed by atoms with Crippen LogP contribution in [0.25, 0.3) is 0 Å². The lowest BCUT2D eigenvalue weighted by Crippen LogP contribution is -2.24. The van der Waals surface area contributed by atoms with Crippen molar-refractivity contribution in [1.29, 1.82) is 0 Å². The Morgan fingerprint density at radius 1 is 1.20 bits per heavy atom. The van der Waals surface area contributed by atoms with Crippen molar-refractivity contribution in [3.63, 3.8) is 0 Å². The van der Waals surface area contributed by atoms with Crippen molar-refractivity contribution in [2.75, 3.05) is 19.6 Å². The van der Waals surface area contributed by atoms with E-state index in [2.05, 4.69) is 11.8 Å². The number of nitro groups is 1. The predicted molar refractivity (Wildman–Crippen MR) is 81.6 cm³/mol. The monoisotopic (exact) mass is 279 g/mol. The number of nitrogens with zero attached hydrogens (tertiary/aromatic N) is 2. The average molecular weight is 279 g/mol. The van der Waals surface area contributed by atoms with Crippen LogP contribution in [-0.2, 0) is 6.54 Å². The normalized spacial score (nSPS) is 10.9. The Morgan fingerprint density at radius 3 is 2.55 bits per heavy atom. The van der Waals surface area contributed by atoms with Crippen molar-refractivity contribution in [2.45, 2.75) is 39.2 Å². The molecule has 0 spiro atoms. The van der Waals surface area contributed by atoms with E-state index >= 15 is 0 Å². The number of hydrogen-bond acceptors (Lipinski definition) is 4. The van der Waals surface area contributed by atoms with Crippen molar-refractivity contribution >= 4 is 5.69 Å². The molecule has 0 unspecified atom stereocenters. The lowest BCUT2D eigenvalue weighted by molar-refractivity contribution is -0.385. The molecule has 0 bridgehead atoms. The maximum absolute atomic E-state index is 11.0. The fourth-order valence-corrected chi connectivity index (χ4v) is 2.25. The molecule has 1 rings (SSSR count). The maximum Gasteiger partial charge on any atom is 0.273 e. The quantitative estimate of drug-likeness (QED) is 0.406. The smallest absolute Gasteiger partial charge is 0.273 e. The molecule has 0 aliphatic carbocycles. The lowest BCUT2D eigenvalue weighted by atomic mass is 10.1. The van der Waals surface area contributed by atoms with E-state index in [9.17, 15) is 10.1 Å². The highest BCUT2D eigenvalue weighted by Gasteiger charge is 2.14. The van der Waals surface area contributed by atoms with Crippen LogP contribution in [0.3, 0.4) is 0 Å². The highest BCUT2D eigenvalue weighted by atomic mass is 16.6. The minimum Gasteiger partial charge on any atom is -0.330 e. The van der Waals surface area contributed by atoms with Crippen LogP contribution in [0.2, 0.25) is 0 Å². The Morgan fingerprint density at radius 2 is 1.90 bits per heavy atom. The van der Waals surface area contributed by atoms with Crippen LogP contribution in [0.5, 0.6) is 0 Å². The summed E-state index contributed by atoms with van der Waals surface area (Å²) in [6, 6.07) is 6.99. The Labute approximate surface area is 120 Å². The standard InChI is InChI=1S/C15H25N3O2/c1-2-17(12-8-4-3-7-11-16)13-14-9-5-6-10-15(14)18(19)20/h5-6,9-10H,2-4,7-8,11-13,16H2,1H3. The van der Waals surface area contributed by atoms with Crippen LogP contribution >= 0.6 is 0 Å². The molecule has 0 radical (unpaired) electrons. The van der Waals surface area contributed by atoms with Crippen molar-refractivity contribution in [3.8, 4) is 0 Å². The molecule has 1 aromatic rings. The van der Waals surface area contributed by atoms with Crippen molar-refractivity contribution in [1.82, 2.24) is 4.90 Å². The average Bonchev–Trinajstić information content (AvgIpc) is 2.46. The molecule has 0 aromatic heterocycles. The Balaban J connectivity index is 2.49. The molecule has 0 aliphatic heterocycles. The van der Waals surface area contributed by atoms with E-state index in [1.807, 2.05) is 12.1 Å². The predicted octanol–water partition coefficient (Wildman–Crippen LogP) is 2.94. The molecular formula is C15H25N3O2. The third kappa shape index (κ3) is 5.67. The summed E-state index contributed by atoms with van der Waals surface area (Å²) in [4.78, 5) is 13.0. The first-order valence-corrected chi connectivity index (χ1v) is 7.33. The number of unbranched alkanes of at least 4 members (excludes halogenated alkanes) is 3. The molecule has 20 heavy (non-hydrogen) atoms. The molecule has 0 atom stereocenters. The van der Waals surface area contributed by atoms with E-state index in [4.69, 9.17) is 5.73 Å². The number of rotatable bonds is 10. The fourth-order valence-electron chi connectivity index (χ4n) is 2.25. The number of nitro benzene ring substituents is 1. The summed E-state index contributed by atoms with van der Waals surface area (Å²) in [5.41, 5.74) is 6.48. The first-order valence-electron chi connectivity index (χ1n) is 7.33. The van der Waals surface area contributed by atoms with Gasteiger partial charge in [0.1, 0.15) is 0 Å². The summed E-state index contributed by atoms with van der Waals surface area (Å²) in [5, 5.41) is 11.0. The van der Waals surface area contributed by atoms with Crippen molar-refractivity contribution in [3.05, 3.63) is 39.9 Å². The highest BCUT2D eigenvalue weighted by molar-refractivity contribution is 5.39. The van der Waals surface area contributed by atoms with Gasteiger partial charge in [-0.3, -0.25) is 15.0 Å². The molecular weight excluding hydrogens is 254 g/mol. The van der Waals surface area contributed by atoms with E-state index in [0.717, 1.165) is 38.0 Å². The molecule has 0 amide bonds. The van der Waals surface area contributed by atoms with Gasteiger partial charge in [0.15, 0.2) is 0 Å². The molecule has 5 nitrogen and oxygen atoms in total. The topological polar surface area (TPSA) is 72.4 Å². The SMILES string of the molecule is CCN(CCCCCCN)Cc1ccccc1[N+](=O)[O-]. The third-order valence-electron chi connectivity index (χ3n) is 3.46. The fraction of sp³-hybridized carbons (Fsp3) is 0.600. The lowest BCUT2D eigenvalue weighted by Gasteiger charge is -2.20. The van der Waals surface area contributed by atoms with Gasteiger partial charge in [-0.05, 0) is 32.5 Å². The van der Waals surface area contributed by atoms with E-state index in [0.29, 0.717) is 6.54 Å². The highest BCUT2D eigenvalue weighted by Crippen LogP contribution is 2.19. The van der Waals surface area contributed by atoms with Gasteiger partial charge >= 0.3 is 0 Å². The van der Waals surface area contributed by atoms with Crippen LogP contribution in [0, 0.1) is 10.1 Å². The maximum atomic E-state index is 11.0. The van der Waals surface area contributed by atoms with Crippen molar-refractivity contribution in [2.24, 2.45) is 5.73 Å². The largest absolute Gasteiger partial charge is 0.330 e. The van der Waals surface area contributed by atoms with Gasteiger partial charge in [-0.1, -0.05) is 38.0 Å². The molecule has 0 saturated heterocycles. The Bertz CT molecular complexity index is 410. The second kappa shape index (κ2) is 9.44. The van der Waals surface area contributed by atoms with Gasteiger partial charge < -0.3 is 5.73 Å². The zero-order valence-electron chi connectivity index (χ0n) is 12.3. The van der Waals surface area contributed by atoms with Crippen LogP contribution in [0.15, 0.2) is 24.3 Å². The molecule has 0 aliphatic rings. The molecule has 112 valence electrons. The summed E-state index contributed by atoms with van der Waals surface area (Å²) >= 11 is 0. The van der Waals surface area contributed by atoms with E-state index < -0.39 is 0 Å². The summed E-state index contributed by atoms with van der Waals surface area (Å²) in [6.07, 6.45) is 4.54. The Hall–Kier alpha value is -1.46. The molecule has 2 N–H and O–H groups in total. The Kier molecular flexibility index (Phi) is 7.84. The van der Waals surface area contributed by atoms with Gasteiger partial charge in [0, 0.05) is 18.2 Å². The van der Waals surface area contributed by atoms with Crippen LogP contribution in [0.4, 0.5) is 5.69 Å². The van der Waals surface area contributed by atoms with Gasteiger partial charge in [-0.25, -0.2) is 0 Å². The van der Waals surface area contributed by atoms with Gasteiger partial charge in [0.2, 0.25) is 0 Å². The zero-order valence-corrected chi connectivity index (χ0v) is 12.3.